The number of amides is 2. The highest BCUT2D eigenvalue weighted by molar-refractivity contribution is 7.80. The maximum absolute atomic E-state index is 12.1. The molecule has 3 N–H and O–H groups in total. The van der Waals surface area contributed by atoms with Crippen LogP contribution < -0.4 is 10.5 Å². The second kappa shape index (κ2) is 7.61. The molecular weight excluding hydrogens is 290 g/mol. The van der Waals surface area contributed by atoms with Crippen molar-refractivity contribution in [3.8, 4) is 0 Å². The third kappa shape index (κ3) is 4.29. The summed E-state index contributed by atoms with van der Waals surface area (Å²) in [6.07, 6.45) is 1.21. The molecule has 19 heavy (non-hydrogen) atoms. The lowest BCUT2D eigenvalue weighted by Crippen LogP contribution is -2.49. The van der Waals surface area contributed by atoms with Crippen molar-refractivity contribution < 1.29 is 19.1 Å². The van der Waals surface area contributed by atoms with Crippen LogP contribution in [0.5, 0.6) is 0 Å². The van der Waals surface area contributed by atoms with Crippen LogP contribution in [-0.2, 0) is 19.1 Å². The van der Waals surface area contributed by atoms with Crippen LogP contribution in [0.3, 0.4) is 0 Å². The van der Waals surface area contributed by atoms with E-state index in [9.17, 15) is 14.4 Å². The number of likely N-dealkylation sites (tertiary alicyclic amines) is 1. The van der Waals surface area contributed by atoms with Crippen LogP contribution in [0, 0.1) is 0 Å². The van der Waals surface area contributed by atoms with Gasteiger partial charge in [-0.25, -0.2) is 4.79 Å². The summed E-state index contributed by atoms with van der Waals surface area (Å²) >= 11 is 7.89. The quantitative estimate of drug-likeness (QED) is 0.362. The van der Waals surface area contributed by atoms with Crippen molar-refractivity contribution in [3.63, 3.8) is 0 Å². The number of carbonyl (C=O) groups is 3. The highest BCUT2D eigenvalue weighted by Crippen LogP contribution is 2.20. The topological polar surface area (TPSA) is 102 Å². The minimum atomic E-state index is -0.727. The predicted molar refractivity (Wildman–Crippen MR) is 74.7 cm³/mol. The number of esters is 1. The molecule has 0 spiro atoms. The van der Waals surface area contributed by atoms with Gasteiger partial charge in [0.25, 0.3) is 5.91 Å². The number of hydrogen-bond donors (Lipinski definition) is 4. The Hall–Kier alpha value is -0.930. The number of ether oxygens (including phenoxy) is 1. The van der Waals surface area contributed by atoms with Crippen LogP contribution in [0.1, 0.15) is 12.8 Å². The van der Waals surface area contributed by atoms with Gasteiger partial charge in [0.15, 0.2) is 6.61 Å². The van der Waals surface area contributed by atoms with Gasteiger partial charge in [0.2, 0.25) is 5.91 Å². The van der Waals surface area contributed by atoms with Crippen molar-refractivity contribution in [1.82, 2.24) is 9.62 Å². The van der Waals surface area contributed by atoms with Gasteiger partial charge in [0, 0.05) is 12.3 Å². The Morgan fingerprint density at radius 1 is 1.47 bits per heavy atom. The first kappa shape index (κ1) is 16.1. The van der Waals surface area contributed by atoms with Crippen LogP contribution >= 0.6 is 25.4 Å². The largest absolute Gasteiger partial charge is 0.454 e. The fourth-order valence-corrected chi connectivity index (χ4v) is 2.48. The highest BCUT2D eigenvalue weighted by atomic mass is 32.1. The molecule has 1 saturated heterocycles. The molecule has 2 unspecified atom stereocenters. The summed E-state index contributed by atoms with van der Waals surface area (Å²) in [6.45, 7) is -0.00686. The van der Waals surface area contributed by atoms with E-state index in [0.717, 1.165) is 0 Å². The Morgan fingerprint density at radius 3 is 2.68 bits per heavy atom. The summed E-state index contributed by atoms with van der Waals surface area (Å²) in [5.74, 6) is -1.33. The molecule has 0 radical (unpaired) electrons. The third-order valence-electron chi connectivity index (χ3n) is 2.80. The molecule has 0 aromatic rings. The maximum Gasteiger partial charge on any atom is 0.329 e. The number of thiol groups is 2. The van der Waals surface area contributed by atoms with Gasteiger partial charge < -0.3 is 15.4 Å². The van der Waals surface area contributed by atoms with E-state index < -0.39 is 30.6 Å². The summed E-state index contributed by atoms with van der Waals surface area (Å²) in [5.41, 5.74) is 4.90. The number of rotatable bonds is 6. The molecule has 1 heterocycles. The first-order valence-electron chi connectivity index (χ1n) is 5.77. The lowest BCUT2D eigenvalue weighted by Gasteiger charge is -2.26. The van der Waals surface area contributed by atoms with E-state index in [0.29, 0.717) is 19.4 Å². The van der Waals surface area contributed by atoms with Crippen LogP contribution in [-0.4, -0.2) is 53.7 Å². The summed E-state index contributed by atoms with van der Waals surface area (Å²) in [7, 11) is 0. The van der Waals surface area contributed by atoms with Gasteiger partial charge in [-0.2, -0.15) is 12.6 Å². The lowest BCUT2D eigenvalue weighted by molar-refractivity contribution is -0.155. The first-order chi connectivity index (χ1) is 9.01. The van der Waals surface area contributed by atoms with Crippen LogP contribution in [0.25, 0.3) is 0 Å². The Balaban J connectivity index is 2.65. The Morgan fingerprint density at radius 2 is 2.16 bits per heavy atom. The second-order valence-corrected chi connectivity index (χ2v) is 4.75. The molecule has 0 aromatic heterocycles. The molecule has 1 aliphatic rings. The fourth-order valence-electron chi connectivity index (χ4n) is 1.89. The summed E-state index contributed by atoms with van der Waals surface area (Å²) < 4.78 is 7.29. The molecule has 9 heteroatoms. The van der Waals surface area contributed by atoms with Crippen LogP contribution in [0.2, 0.25) is 0 Å². The van der Waals surface area contributed by atoms with Gasteiger partial charge in [-0.3, -0.25) is 14.3 Å². The van der Waals surface area contributed by atoms with Gasteiger partial charge in [0.1, 0.15) is 12.1 Å². The van der Waals surface area contributed by atoms with E-state index in [1.54, 1.807) is 0 Å². The van der Waals surface area contributed by atoms with E-state index in [1.165, 1.54) is 4.90 Å². The summed E-state index contributed by atoms with van der Waals surface area (Å²) in [4.78, 5) is 35.9. The Bertz CT molecular complexity index is 363. The first-order valence-corrected chi connectivity index (χ1v) is 6.85. The zero-order chi connectivity index (χ0) is 14.4. The van der Waals surface area contributed by atoms with E-state index in [2.05, 4.69) is 30.2 Å². The zero-order valence-corrected chi connectivity index (χ0v) is 12.0. The Kier molecular flexibility index (Phi) is 6.46. The normalized spacial score (nSPS) is 20.1. The molecule has 0 aliphatic carbocycles. The minimum Gasteiger partial charge on any atom is -0.454 e. The number of nitrogens with zero attached hydrogens (tertiary/aromatic N) is 1. The molecule has 0 saturated carbocycles. The number of nitrogens with one attached hydrogen (secondary N) is 1. The highest BCUT2D eigenvalue weighted by Gasteiger charge is 2.37. The molecule has 2 amide bonds. The minimum absolute atomic E-state index is 0.261. The van der Waals surface area contributed by atoms with Crippen molar-refractivity contribution in [3.05, 3.63) is 0 Å². The predicted octanol–water partition coefficient (Wildman–Crippen LogP) is -1.26. The van der Waals surface area contributed by atoms with Crippen molar-refractivity contribution >= 4 is 43.2 Å². The van der Waals surface area contributed by atoms with Crippen molar-refractivity contribution in [2.75, 3.05) is 18.9 Å². The molecule has 1 fully saturated rings. The molecule has 1 aliphatic heterocycles. The average molecular weight is 307 g/mol. The van der Waals surface area contributed by atoms with E-state index in [1.807, 2.05) is 0 Å². The van der Waals surface area contributed by atoms with Gasteiger partial charge in [-0.15, -0.1) is 0 Å². The van der Waals surface area contributed by atoms with Crippen LogP contribution in [0.15, 0.2) is 0 Å². The number of hydrogen-bond acceptors (Lipinski definition) is 7. The standard InChI is InChI=1S/C10H17N3O4S2/c11-8(14)4-17-10(16)7-2-1-3-13(7)9(15)6(5-18)12-19/h6-7,12,18-19H,1-5H2,(H2,11,14). The van der Waals surface area contributed by atoms with E-state index in [4.69, 9.17) is 10.5 Å². The molecule has 1 rings (SSSR count). The van der Waals surface area contributed by atoms with E-state index >= 15 is 0 Å². The van der Waals surface area contributed by atoms with Gasteiger partial charge in [0.05, 0.1) is 0 Å². The molecule has 2 atom stereocenters. The summed E-state index contributed by atoms with van der Waals surface area (Å²) in [6, 6.07) is -1.24. The fraction of sp³-hybridized carbons (Fsp3) is 0.700. The molecule has 7 nitrogen and oxygen atoms in total. The molecule has 0 bridgehead atoms. The van der Waals surface area contributed by atoms with Gasteiger partial charge in [-0.1, -0.05) is 12.8 Å². The Labute approximate surface area is 122 Å². The van der Waals surface area contributed by atoms with Crippen molar-refractivity contribution in [2.24, 2.45) is 5.73 Å². The SMILES string of the molecule is NC(=O)COC(=O)C1CCCN1C(=O)C(CS)NS. The number of primary amides is 1. The van der Waals surface area contributed by atoms with Crippen molar-refractivity contribution in [1.29, 1.82) is 0 Å². The van der Waals surface area contributed by atoms with Gasteiger partial charge in [-0.05, 0) is 12.8 Å². The van der Waals surface area contributed by atoms with Gasteiger partial charge >= 0.3 is 5.97 Å². The second-order valence-electron chi connectivity index (χ2n) is 4.13. The smallest absolute Gasteiger partial charge is 0.329 e. The molecule has 0 aromatic carbocycles. The average Bonchev–Trinajstić information content (AvgIpc) is 2.86. The zero-order valence-electron chi connectivity index (χ0n) is 10.2. The summed E-state index contributed by atoms with van der Waals surface area (Å²) in [5, 5.41) is 0. The van der Waals surface area contributed by atoms with E-state index in [-0.39, 0.29) is 11.7 Å². The molecule has 108 valence electrons. The lowest BCUT2D eigenvalue weighted by atomic mass is 10.2. The monoisotopic (exact) mass is 307 g/mol. The third-order valence-corrected chi connectivity index (χ3v) is 3.48. The number of nitrogens with two attached hydrogens (primary N) is 1. The number of carbonyl (C=O) groups excluding carboxylic acids is 3. The van der Waals surface area contributed by atoms with Crippen molar-refractivity contribution in [2.45, 2.75) is 24.9 Å². The molecular formula is C10H17N3O4S2. The maximum atomic E-state index is 12.1. The van der Waals surface area contributed by atoms with Crippen LogP contribution in [0.4, 0.5) is 0 Å².